The summed E-state index contributed by atoms with van der Waals surface area (Å²) in [4.78, 5) is 0. The van der Waals surface area contributed by atoms with Crippen LogP contribution in [0.15, 0.2) is 24.4 Å². The Morgan fingerprint density at radius 1 is 1.20 bits per heavy atom. The van der Waals surface area contributed by atoms with Gasteiger partial charge in [-0.2, -0.15) is 13.9 Å². The summed E-state index contributed by atoms with van der Waals surface area (Å²) in [6, 6.07) is 3.11. The average Bonchev–Trinajstić information content (AvgIpc) is 2.67. The minimum Gasteiger partial charge on any atom is -0.378 e. The van der Waals surface area contributed by atoms with E-state index in [0.29, 0.717) is 21.6 Å². The van der Waals surface area contributed by atoms with Crippen LogP contribution in [0.5, 0.6) is 0 Å². The first-order valence-corrected chi connectivity index (χ1v) is 5.48. The molecule has 3 nitrogen and oxygen atoms in total. The Bertz CT molecular complexity index is 566. The number of rotatable bonds is 4. The first-order chi connectivity index (χ1) is 8.95. The maximum atomic E-state index is 13.0. The van der Waals surface area contributed by atoms with E-state index in [4.69, 9.17) is 0 Å². The standard InChI is InChI=1S/C12H11F4N3.ClH/c1-7-11(6-19(18-7)12(15)16)17-5-8-2-9(13)4-10(14)3-8;/h2-4,6,12,17H,5H2,1H3;1H. The van der Waals surface area contributed by atoms with E-state index in [2.05, 4.69) is 10.4 Å². The second-order valence-corrected chi connectivity index (χ2v) is 4.02. The molecule has 0 aliphatic rings. The maximum absolute atomic E-state index is 13.0. The number of alkyl halides is 2. The lowest BCUT2D eigenvalue weighted by molar-refractivity contribution is 0.0563. The molecule has 0 aliphatic carbocycles. The average molecular weight is 310 g/mol. The van der Waals surface area contributed by atoms with Crippen LogP contribution in [-0.2, 0) is 6.54 Å². The fourth-order valence-corrected chi connectivity index (χ4v) is 1.67. The molecule has 0 atom stereocenters. The van der Waals surface area contributed by atoms with Crippen LogP contribution >= 0.6 is 12.4 Å². The fraction of sp³-hybridized carbons (Fsp3) is 0.250. The van der Waals surface area contributed by atoms with E-state index in [1.807, 2.05) is 0 Å². The van der Waals surface area contributed by atoms with Gasteiger partial charge in [0.25, 0.3) is 0 Å². The molecule has 8 heteroatoms. The quantitative estimate of drug-likeness (QED) is 0.868. The Kier molecular flexibility index (Phi) is 5.38. The predicted molar refractivity (Wildman–Crippen MR) is 69.1 cm³/mol. The van der Waals surface area contributed by atoms with Gasteiger partial charge in [-0.15, -0.1) is 12.4 Å². The van der Waals surface area contributed by atoms with Gasteiger partial charge in [-0.05, 0) is 24.6 Å². The van der Waals surface area contributed by atoms with Crippen molar-refractivity contribution in [2.24, 2.45) is 0 Å². The number of benzene rings is 1. The van der Waals surface area contributed by atoms with Crippen LogP contribution in [0.4, 0.5) is 23.2 Å². The molecule has 0 radical (unpaired) electrons. The van der Waals surface area contributed by atoms with Gasteiger partial charge in [-0.3, -0.25) is 0 Å². The highest BCUT2D eigenvalue weighted by atomic mass is 35.5. The highest BCUT2D eigenvalue weighted by Gasteiger charge is 2.11. The number of hydrogen-bond donors (Lipinski definition) is 1. The highest BCUT2D eigenvalue weighted by molar-refractivity contribution is 5.85. The van der Waals surface area contributed by atoms with Crippen molar-refractivity contribution in [2.45, 2.75) is 20.0 Å². The minimum absolute atomic E-state index is 0. The van der Waals surface area contributed by atoms with Crippen LogP contribution in [0.3, 0.4) is 0 Å². The summed E-state index contributed by atoms with van der Waals surface area (Å²) in [5, 5.41) is 6.42. The fourth-order valence-electron chi connectivity index (χ4n) is 1.67. The molecule has 0 bridgehead atoms. The van der Waals surface area contributed by atoms with Gasteiger partial charge in [0.05, 0.1) is 17.6 Å². The largest absolute Gasteiger partial charge is 0.378 e. The molecule has 1 N–H and O–H groups in total. The molecular weight excluding hydrogens is 298 g/mol. The van der Waals surface area contributed by atoms with Gasteiger partial charge in [-0.25, -0.2) is 13.5 Å². The first kappa shape index (κ1) is 16.3. The molecule has 2 aromatic rings. The van der Waals surface area contributed by atoms with Gasteiger partial charge in [0.1, 0.15) is 11.6 Å². The molecule has 1 heterocycles. The minimum atomic E-state index is -2.72. The topological polar surface area (TPSA) is 29.9 Å². The Hall–Kier alpha value is -1.76. The Balaban J connectivity index is 0.00000200. The highest BCUT2D eigenvalue weighted by Crippen LogP contribution is 2.18. The van der Waals surface area contributed by atoms with Crippen LogP contribution in [0.1, 0.15) is 17.8 Å². The smallest absolute Gasteiger partial charge is 0.333 e. The number of anilines is 1. The van der Waals surface area contributed by atoms with Crippen molar-refractivity contribution >= 4 is 18.1 Å². The van der Waals surface area contributed by atoms with Crippen molar-refractivity contribution in [3.8, 4) is 0 Å². The van der Waals surface area contributed by atoms with Crippen molar-refractivity contribution < 1.29 is 17.6 Å². The second-order valence-electron chi connectivity index (χ2n) is 4.02. The normalized spacial score (nSPS) is 10.5. The van der Waals surface area contributed by atoms with Crippen LogP contribution in [0.25, 0.3) is 0 Å². The van der Waals surface area contributed by atoms with Gasteiger partial charge in [-0.1, -0.05) is 0 Å². The molecule has 0 saturated carbocycles. The van der Waals surface area contributed by atoms with Crippen LogP contribution < -0.4 is 5.32 Å². The van der Waals surface area contributed by atoms with E-state index in [9.17, 15) is 17.6 Å². The Labute approximate surface area is 119 Å². The third kappa shape index (κ3) is 3.86. The molecule has 110 valence electrons. The summed E-state index contributed by atoms with van der Waals surface area (Å²) >= 11 is 0. The van der Waals surface area contributed by atoms with Crippen LogP contribution in [-0.4, -0.2) is 9.78 Å². The molecule has 0 saturated heterocycles. The van der Waals surface area contributed by atoms with Crippen LogP contribution in [0, 0.1) is 18.6 Å². The number of halogens is 5. The SMILES string of the molecule is Cc1nn(C(F)F)cc1NCc1cc(F)cc(F)c1.Cl. The molecule has 20 heavy (non-hydrogen) atoms. The van der Waals surface area contributed by atoms with Crippen molar-refractivity contribution in [1.29, 1.82) is 0 Å². The second kappa shape index (κ2) is 6.60. The molecule has 1 aromatic heterocycles. The molecule has 0 unspecified atom stereocenters. The Morgan fingerprint density at radius 2 is 1.80 bits per heavy atom. The summed E-state index contributed by atoms with van der Waals surface area (Å²) in [5.74, 6) is -1.37. The van der Waals surface area contributed by atoms with Gasteiger partial charge < -0.3 is 5.32 Å². The van der Waals surface area contributed by atoms with E-state index in [-0.39, 0.29) is 19.0 Å². The lowest BCUT2D eigenvalue weighted by Gasteiger charge is -2.05. The van der Waals surface area contributed by atoms with E-state index < -0.39 is 18.2 Å². The summed E-state index contributed by atoms with van der Waals surface area (Å²) in [7, 11) is 0. The van der Waals surface area contributed by atoms with E-state index in [1.165, 1.54) is 12.1 Å². The van der Waals surface area contributed by atoms with Crippen molar-refractivity contribution in [1.82, 2.24) is 9.78 Å². The molecule has 0 amide bonds. The molecular formula is C12H12ClF4N3. The number of nitrogens with zero attached hydrogens (tertiary/aromatic N) is 2. The first-order valence-electron chi connectivity index (χ1n) is 5.48. The van der Waals surface area contributed by atoms with E-state index >= 15 is 0 Å². The lowest BCUT2D eigenvalue weighted by atomic mass is 10.2. The molecule has 0 fully saturated rings. The van der Waals surface area contributed by atoms with Gasteiger partial charge in [0, 0.05) is 12.6 Å². The lowest BCUT2D eigenvalue weighted by Crippen LogP contribution is -2.01. The van der Waals surface area contributed by atoms with Crippen molar-refractivity contribution in [2.75, 3.05) is 5.32 Å². The molecule has 1 aromatic carbocycles. The summed E-state index contributed by atoms with van der Waals surface area (Å²) in [6.45, 7) is -1.04. The van der Waals surface area contributed by atoms with E-state index in [0.717, 1.165) is 12.3 Å². The van der Waals surface area contributed by atoms with Gasteiger partial charge >= 0.3 is 6.55 Å². The van der Waals surface area contributed by atoms with Crippen molar-refractivity contribution in [3.63, 3.8) is 0 Å². The molecule has 0 aliphatic heterocycles. The van der Waals surface area contributed by atoms with Gasteiger partial charge in [0.15, 0.2) is 0 Å². The maximum Gasteiger partial charge on any atom is 0.333 e. The van der Waals surface area contributed by atoms with Crippen LogP contribution in [0.2, 0.25) is 0 Å². The van der Waals surface area contributed by atoms with E-state index in [1.54, 1.807) is 6.92 Å². The monoisotopic (exact) mass is 309 g/mol. The van der Waals surface area contributed by atoms with Crippen molar-refractivity contribution in [3.05, 3.63) is 47.3 Å². The predicted octanol–water partition coefficient (Wildman–Crippen LogP) is 3.90. The molecule has 0 spiro atoms. The Morgan fingerprint density at radius 3 is 2.30 bits per heavy atom. The zero-order chi connectivity index (χ0) is 14.0. The summed E-state index contributed by atoms with van der Waals surface area (Å²) < 4.78 is 51.2. The number of nitrogens with one attached hydrogen (secondary N) is 1. The summed E-state index contributed by atoms with van der Waals surface area (Å²) in [6.07, 6.45) is 1.15. The third-order valence-corrected chi connectivity index (χ3v) is 2.52. The molecule has 2 rings (SSSR count). The summed E-state index contributed by atoms with van der Waals surface area (Å²) in [5.41, 5.74) is 1.16. The zero-order valence-corrected chi connectivity index (χ0v) is 11.2. The number of hydrogen-bond acceptors (Lipinski definition) is 2. The number of aromatic nitrogens is 2. The zero-order valence-electron chi connectivity index (χ0n) is 10.4. The third-order valence-electron chi connectivity index (χ3n) is 2.52. The van der Waals surface area contributed by atoms with Gasteiger partial charge in [0.2, 0.25) is 0 Å². The number of aryl methyl sites for hydroxylation is 1.